The number of halogens is 3. The van der Waals surface area contributed by atoms with Crippen LogP contribution in [0.25, 0.3) is 11.0 Å². The molecule has 1 amide bonds. The Morgan fingerprint density at radius 1 is 1.35 bits per heavy atom. The fraction of sp³-hybridized carbons (Fsp3) is 0.467. The van der Waals surface area contributed by atoms with Gasteiger partial charge in [0.05, 0.1) is 22.0 Å². The van der Waals surface area contributed by atoms with Gasteiger partial charge < -0.3 is 10.3 Å². The number of benzene rings is 1. The summed E-state index contributed by atoms with van der Waals surface area (Å²) >= 11 is 0. The molecular weight excluding hydrogens is 375 g/mol. The minimum absolute atomic E-state index is 0.0443. The van der Waals surface area contributed by atoms with Crippen LogP contribution in [0.2, 0.25) is 0 Å². The predicted molar refractivity (Wildman–Crippen MR) is 87.8 cm³/mol. The van der Waals surface area contributed by atoms with Gasteiger partial charge in [-0.05, 0) is 31.0 Å². The van der Waals surface area contributed by atoms with Gasteiger partial charge in [-0.2, -0.15) is 13.2 Å². The molecule has 142 valence electrons. The molecule has 0 radical (unpaired) electrons. The fourth-order valence-corrected chi connectivity index (χ4v) is 4.79. The molecule has 7 nitrogen and oxygen atoms in total. The van der Waals surface area contributed by atoms with Crippen molar-refractivity contribution in [3.63, 3.8) is 0 Å². The topological polar surface area (TPSA) is 101 Å². The minimum Gasteiger partial charge on any atom is -0.351 e. The maximum Gasteiger partial charge on any atom is 0.406 e. The molecule has 0 aliphatic carbocycles. The average molecular weight is 391 g/mol. The van der Waals surface area contributed by atoms with Gasteiger partial charge in [0.25, 0.3) is 5.91 Å². The standard InChI is InChI=1S/C15H16F3N3O4S/c16-15(17,18)8-21-12-6-9(3-4-11(12)20-14(21)23)13(22)19-7-10-2-1-5-26(10,24)25/h3-4,6,10H,1-2,5,7-8H2,(H,19,22)(H,20,23). The first-order valence-corrected chi connectivity index (χ1v) is 9.57. The number of carbonyl (C=O) groups excluding carboxylic acids is 1. The molecule has 2 heterocycles. The van der Waals surface area contributed by atoms with E-state index in [0.29, 0.717) is 17.4 Å². The molecule has 0 bridgehead atoms. The van der Waals surface area contributed by atoms with Crippen LogP contribution in [0.4, 0.5) is 13.2 Å². The number of sulfone groups is 1. The number of alkyl halides is 3. The van der Waals surface area contributed by atoms with Crippen LogP contribution in [0.3, 0.4) is 0 Å². The number of H-pyrrole nitrogens is 1. The number of nitrogens with zero attached hydrogens (tertiary/aromatic N) is 1. The summed E-state index contributed by atoms with van der Waals surface area (Å²) in [6.45, 7) is -1.53. The SMILES string of the molecule is O=C(NCC1CCCS1(=O)=O)c1ccc2[nH]c(=O)n(CC(F)(F)F)c2c1. The van der Waals surface area contributed by atoms with Crippen LogP contribution < -0.4 is 11.0 Å². The lowest BCUT2D eigenvalue weighted by Gasteiger charge is -2.11. The first kappa shape index (κ1) is 18.5. The highest BCUT2D eigenvalue weighted by atomic mass is 32.2. The smallest absolute Gasteiger partial charge is 0.351 e. The molecule has 1 aromatic heterocycles. The molecule has 1 saturated heterocycles. The molecule has 1 aromatic carbocycles. The van der Waals surface area contributed by atoms with E-state index in [2.05, 4.69) is 10.3 Å². The Balaban J connectivity index is 1.83. The number of imidazole rings is 1. The van der Waals surface area contributed by atoms with E-state index in [1.807, 2.05) is 0 Å². The van der Waals surface area contributed by atoms with Crippen molar-refractivity contribution >= 4 is 26.8 Å². The monoisotopic (exact) mass is 391 g/mol. The Bertz CT molecular complexity index is 1010. The van der Waals surface area contributed by atoms with Gasteiger partial charge in [0.2, 0.25) is 0 Å². The van der Waals surface area contributed by atoms with Gasteiger partial charge in [0.1, 0.15) is 6.54 Å². The molecule has 1 unspecified atom stereocenters. The van der Waals surface area contributed by atoms with Gasteiger partial charge >= 0.3 is 11.9 Å². The summed E-state index contributed by atoms with van der Waals surface area (Å²) in [4.78, 5) is 26.2. The van der Waals surface area contributed by atoms with Crippen molar-refractivity contribution in [1.82, 2.24) is 14.9 Å². The number of aromatic amines is 1. The van der Waals surface area contributed by atoms with E-state index in [4.69, 9.17) is 0 Å². The number of hydrogen-bond donors (Lipinski definition) is 2. The minimum atomic E-state index is -4.59. The summed E-state index contributed by atoms with van der Waals surface area (Å²) in [6.07, 6.45) is -3.58. The fourth-order valence-electron chi connectivity index (χ4n) is 3.03. The van der Waals surface area contributed by atoms with E-state index in [-0.39, 0.29) is 28.9 Å². The average Bonchev–Trinajstić information content (AvgIpc) is 3.02. The van der Waals surface area contributed by atoms with Crippen molar-refractivity contribution < 1.29 is 26.4 Å². The van der Waals surface area contributed by atoms with Crippen LogP contribution in [0.1, 0.15) is 23.2 Å². The van der Waals surface area contributed by atoms with Crippen molar-refractivity contribution in [2.24, 2.45) is 0 Å². The number of rotatable bonds is 4. The lowest BCUT2D eigenvalue weighted by molar-refractivity contribution is -0.140. The second-order valence-corrected chi connectivity index (χ2v) is 8.61. The Hall–Kier alpha value is -2.30. The van der Waals surface area contributed by atoms with Crippen molar-refractivity contribution in [3.8, 4) is 0 Å². The molecule has 26 heavy (non-hydrogen) atoms. The molecule has 11 heteroatoms. The summed E-state index contributed by atoms with van der Waals surface area (Å²) in [7, 11) is -3.21. The van der Waals surface area contributed by atoms with E-state index in [9.17, 15) is 31.2 Å². The van der Waals surface area contributed by atoms with Gasteiger partial charge in [0, 0.05) is 12.1 Å². The second-order valence-electron chi connectivity index (χ2n) is 6.20. The third-order valence-electron chi connectivity index (χ3n) is 4.33. The summed E-state index contributed by atoms with van der Waals surface area (Å²) in [6, 6.07) is 3.87. The van der Waals surface area contributed by atoms with Crippen molar-refractivity contribution in [3.05, 3.63) is 34.2 Å². The van der Waals surface area contributed by atoms with Gasteiger partial charge in [0.15, 0.2) is 9.84 Å². The highest BCUT2D eigenvalue weighted by molar-refractivity contribution is 7.92. The second kappa shape index (κ2) is 6.45. The number of hydrogen-bond acceptors (Lipinski definition) is 4. The highest BCUT2D eigenvalue weighted by Gasteiger charge is 2.32. The third kappa shape index (κ3) is 3.76. The molecule has 2 aromatic rings. The Labute approximate surface area is 146 Å². The normalized spacial score (nSPS) is 19.7. The third-order valence-corrected chi connectivity index (χ3v) is 6.60. The van der Waals surface area contributed by atoms with Crippen LogP contribution in [-0.2, 0) is 16.4 Å². The zero-order chi connectivity index (χ0) is 19.1. The van der Waals surface area contributed by atoms with Crippen LogP contribution in [0, 0.1) is 0 Å². The van der Waals surface area contributed by atoms with Crippen molar-refractivity contribution in [2.45, 2.75) is 30.8 Å². The Morgan fingerprint density at radius 3 is 2.69 bits per heavy atom. The molecule has 1 aliphatic rings. The summed E-state index contributed by atoms with van der Waals surface area (Å²) in [5.74, 6) is -0.520. The van der Waals surface area contributed by atoms with Crippen LogP contribution in [0.15, 0.2) is 23.0 Å². The Kier molecular flexibility index (Phi) is 4.59. The molecule has 1 atom stereocenters. The van der Waals surface area contributed by atoms with Gasteiger partial charge in [-0.1, -0.05) is 0 Å². The van der Waals surface area contributed by atoms with E-state index >= 15 is 0 Å². The number of carbonyl (C=O) groups is 1. The van der Waals surface area contributed by atoms with Crippen LogP contribution in [-0.4, -0.2) is 47.6 Å². The summed E-state index contributed by atoms with van der Waals surface area (Å²) in [5, 5.41) is 1.85. The quantitative estimate of drug-likeness (QED) is 0.818. The highest BCUT2D eigenvalue weighted by Crippen LogP contribution is 2.21. The number of nitrogens with one attached hydrogen (secondary N) is 2. The molecule has 3 rings (SSSR count). The maximum absolute atomic E-state index is 12.6. The first-order valence-electron chi connectivity index (χ1n) is 7.86. The van der Waals surface area contributed by atoms with E-state index in [1.54, 1.807) is 0 Å². The molecule has 2 N–H and O–H groups in total. The zero-order valence-electron chi connectivity index (χ0n) is 13.5. The van der Waals surface area contributed by atoms with E-state index in [1.165, 1.54) is 18.2 Å². The molecule has 0 spiro atoms. The molecule has 0 saturated carbocycles. The number of fused-ring (bicyclic) bond motifs is 1. The van der Waals surface area contributed by atoms with Gasteiger partial charge in [-0.3, -0.25) is 9.36 Å². The van der Waals surface area contributed by atoms with Crippen molar-refractivity contribution in [2.75, 3.05) is 12.3 Å². The number of aromatic nitrogens is 2. The zero-order valence-corrected chi connectivity index (χ0v) is 14.3. The number of amides is 1. The molecule has 1 aliphatic heterocycles. The molecule has 1 fully saturated rings. The maximum atomic E-state index is 12.6. The van der Waals surface area contributed by atoms with Crippen LogP contribution in [0.5, 0.6) is 0 Å². The van der Waals surface area contributed by atoms with E-state index in [0.717, 1.165) is 0 Å². The van der Waals surface area contributed by atoms with Crippen LogP contribution >= 0.6 is 0 Å². The van der Waals surface area contributed by atoms with Gasteiger partial charge in [-0.25, -0.2) is 13.2 Å². The Morgan fingerprint density at radius 2 is 2.08 bits per heavy atom. The lowest BCUT2D eigenvalue weighted by Crippen LogP contribution is -2.34. The van der Waals surface area contributed by atoms with Crippen molar-refractivity contribution in [1.29, 1.82) is 0 Å². The molecular formula is C15H16F3N3O4S. The van der Waals surface area contributed by atoms with Gasteiger partial charge in [-0.15, -0.1) is 0 Å². The summed E-state index contributed by atoms with van der Waals surface area (Å²) < 4.78 is 62.0. The van der Waals surface area contributed by atoms with E-state index < -0.39 is 39.4 Å². The largest absolute Gasteiger partial charge is 0.406 e. The lowest BCUT2D eigenvalue weighted by atomic mass is 10.1. The predicted octanol–water partition coefficient (Wildman–Crippen LogP) is 1.20. The first-order chi connectivity index (χ1) is 12.1. The summed E-state index contributed by atoms with van der Waals surface area (Å²) in [5.41, 5.74) is -0.752.